The third kappa shape index (κ3) is 7.87. The zero-order valence-corrected chi connectivity index (χ0v) is 35.2. The summed E-state index contributed by atoms with van der Waals surface area (Å²) in [6.07, 6.45) is -3.05. The van der Waals surface area contributed by atoms with Gasteiger partial charge in [-0.2, -0.15) is 18.4 Å². The number of nitrogens with one attached hydrogen (secondary N) is 2. The summed E-state index contributed by atoms with van der Waals surface area (Å²) < 4.78 is 46.9. The van der Waals surface area contributed by atoms with Gasteiger partial charge in [-0.25, -0.2) is 0 Å². The number of piperazine rings is 1. The smallest absolute Gasteiger partial charge is 0.417 e. The van der Waals surface area contributed by atoms with Gasteiger partial charge in [0, 0.05) is 86.0 Å². The number of alkyl halides is 3. The lowest BCUT2D eigenvalue weighted by atomic mass is 9.49. The summed E-state index contributed by atoms with van der Waals surface area (Å²) in [4.78, 5) is 72.1. The fourth-order valence-electron chi connectivity index (χ4n) is 10.5. The molecule has 4 aliphatic heterocycles. The molecule has 62 heavy (non-hydrogen) atoms. The second-order valence-corrected chi connectivity index (χ2v) is 18.3. The van der Waals surface area contributed by atoms with Crippen molar-refractivity contribution < 1.29 is 41.9 Å². The van der Waals surface area contributed by atoms with Crippen LogP contribution in [0.5, 0.6) is 5.75 Å². The molecule has 3 aromatic carbocycles. The van der Waals surface area contributed by atoms with Crippen LogP contribution in [0.4, 0.5) is 24.5 Å². The zero-order valence-electron chi connectivity index (χ0n) is 35.2. The van der Waals surface area contributed by atoms with E-state index in [9.17, 15) is 37.1 Å². The van der Waals surface area contributed by atoms with Crippen molar-refractivity contribution in [3.05, 3.63) is 88.5 Å². The molecule has 3 saturated heterocycles. The van der Waals surface area contributed by atoms with E-state index in [0.717, 1.165) is 87.1 Å². The third-order valence-corrected chi connectivity index (χ3v) is 13.6. The summed E-state index contributed by atoms with van der Waals surface area (Å²) in [6.45, 7) is 13.8. The molecule has 5 amide bonds. The number of benzene rings is 3. The molecule has 0 spiro atoms. The van der Waals surface area contributed by atoms with Crippen LogP contribution in [0.1, 0.15) is 95.6 Å². The summed E-state index contributed by atoms with van der Waals surface area (Å²) in [5.41, 5.74) is 0.231. The maximum absolute atomic E-state index is 13.6. The zero-order chi connectivity index (χ0) is 44.3. The number of ether oxygens (including phenoxy) is 1. The molecule has 2 N–H and O–H groups in total. The predicted molar refractivity (Wildman–Crippen MR) is 223 cm³/mol. The molecule has 13 nitrogen and oxygen atoms in total. The molecule has 16 heteroatoms. The van der Waals surface area contributed by atoms with Crippen LogP contribution in [0.25, 0.3) is 0 Å². The molecule has 0 aromatic heterocycles. The predicted octanol–water partition coefficient (Wildman–Crippen LogP) is 5.63. The number of nitrogens with zero attached hydrogens (tertiary/aromatic N) is 5. The van der Waals surface area contributed by atoms with Crippen LogP contribution < -0.4 is 25.2 Å². The van der Waals surface area contributed by atoms with Crippen molar-refractivity contribution in [2.75, 3.05) is 55.6 Å². The molecule has 5 aliphatic rings. The number of amides is 5. The van der Waals surface area contributed by atoms with Crippen molar-refractivity contribution in [3.63, 3.8) is 0 Å². The Morgan fingerprint density at radius 2 is 1.45 bits per heavy atom. The van der Waals surface area contributed by atoms with E-state index in [0.29, 0.717) is 11.5 Å². The van der Waals surface area contributed by atoms with Gasteiger partial charge in [0.25, 0.3) is 17.7 Å². The molecule has 1 unspecified atom stereocenters. The minimum Gasteiger partial charge on any atom is -0.489 e. The van der Waals surface area contributed by atoms with E-state index >= 15 is 0 Å². The number of hydrogen-bond acceptors (Lipinski definition) is 10. The standard InChI is InChI=1S/C46H50F3N7O6/c1-44(2)42(45(3,4)43(44)62-32-11-7-29(25-50)35(24-32)46(47,48)49)52-38(58)28-5-8-30(9-6-28)55-21-19-53(20-22-55)26-27-15-17-54(18-16-27)31-10-12-33-34(23-31)41(61)56(40(33)60)36-13-14-37(57)51-39(36)59/h5-12,23-24,27,36,42-43H,13-22,26H2,1-4H3,(H,52,58)(H,51,57,59). The Labute approximate surface area is 358 Å². The number of fused-ring (bicyclic) bond motifs is 1. The van der Waals surface area contributed by atoms with Crippen LogP contribution in [-0.2, 0) is 15.8 Å². The van der Waals surface area contributed by atoms with Crippen molar-refractivity contribution in [2.45, 2.75) is 77.7 Å². The lowest BCUT2D eigenvalue weighted by molar-refractivity contribution is -0.164. The van der Waals surface area contributed by atoms with Gasteiger partial charge in [0.1, 0.15) is 17.9 Å². The second-order valence-electron chi connectivity index (χ2n) is 18.3. The van der Waals surface area contributed by atoms with Crippen molar-refractivity contribution in [3.8, 4) is 11.8 Å². The molecular formula is C46H50F3N7O6. The minimum absolute atomic E-state index is 0.0157. The highest BCUT2D eigenvalue weighted by molar-refractivity contribution is 6.23. The van der Waals surface area contributed by atoms with Crippen LogP contribution >= 0.6 is 0 Å². The molecule has 0 bridgehead atoms. The highest BCUT2D eigenvalue weighted by Gasteiger charge is 2.64. The monoisotopic (exact) mass is 853 g/mol. The van der Waals surface area contributed by atoms with Gasteiger partial charge in [0.15, 0.2) is 0 Å². The van der Waals surface area contributed by atoms with Crippen LogP contribution in [0.3, 0.4) is 0 Å². The molecule has 3 aromatic rings. The van der Waals surface area contributed by atoms with Crippen LogP contribution in [0, 0.1) is 28.1 Å². The van der Waals surface area contributed by atoms with Gasteiger partial charge < -0.3 is 19.9 Å². The number of imide groups is 2. The average Bonchev–Trinajstić information content (AvgIpc) is 3.49. The maximum Gasteiger partial charge on any atom is 0.417 e. The molecule has 8 rings (SSSR count). The van der Waals surface area contributed by atoms with E-state index < -0.39 is 63.9 Å². The van der Waals surface area contributed by atoms with Gasteiger partial charge >= 0.3 is 6.18 Å². The first-order chi connectivity index (χ1) is 29.4. The van der Waals surface area contributed by atoms with Crippen molar-refractivity contribution in [1.82, 2.24) is 20.4 Å². The number of halogens is 3. The number of hydrogen-bond donors (Lipinski definition) is 2. The van der Waals surface area contributed by atoms with Gasteiger partial charge in [0.2, 0.25) is 11.8 Å². The lowest BCUT2D eigenvalue weighted by Gasteiger charge is -2.63. The number of nitriles is 1. The second kappa shape index (κ2) is 16.1. The Morgan fingerprint density at radius 1 is 0.823 bits per heavy atom. The number of piperidine rings is 2. The van der Waals surface area contributed by atoms with Crippen molar-refractivity contribution in [2.24, 2.45) is 16.7 Å². The van der Waals surface area contributed by atoms with E-state index in [1.807, 2.05) is 58.0 Å². The SMILES string of the molecule is CC1(C)C(NC(=O)c2ccc(N3CCN(CC4CCN(c5ccc6c(c5)C(=O)N(C5CCC(=O)NC5=O)C6=O)CC4)CC3)cc2)C(C)(C)C1Oc1ccc(C#N)c(C(F)(F)F)c1. The lowest BCUT2D eigenvalue weighted by Crippen LogP contribution is -2.74. The first kappa shape index (κ1) is 42.7. The topological polar surface area (TPSA) is 155 Å². The summed E-state index contributed by atoms with van der Waals surface area (Å²) in [5.74, 6) is -1.75. The van der Waals surface area contributed by atoms with Gasteiger partial charge in [-0.1, -0.05) is 27.7 Å². The number of anilines is 2. The van der Waals surface area contributed by atoms with E-state index in [4.69, 9.17) is 10.00 Å². The first-order valence-corrected chi connectivity index (χ1v) is 21.1. The quantitative estimate of drug-likeness (QED) is 0.259. The van der Waals surface area contributed by atoms with Crippen molar-refractivity contribution in [1.29, 1.82) is 5.26 Å². The Kier molecular flexibility index (Phi) is 11.1. The van der Waals surface area contributed by atoms with Gasteiger partial charge in [-0.3, -0.25) is 39.1 Å². The molecule has 4 fully saturated rings. The average molecular weight is 854 g/mol. The fraction of sp³-hybridized carbons (Fsp3) is 0.478. The highest BCUT2D eigenvalue weighted by Crippen LogP contribution is 2.56. The van der Waals surface area contributed by atoms with Crippen LogP contribution in [0.2, 0.25) is 0 Å². The highest BCUT2D eigenvalue weighted by atomic mass is 19.4. The van der Waals surface area contributed by atoms with E-state index in [1.165, 1.54) is 6.07 Å². The molecule has 0 radical (unpaired) electrons. The Morgan fingerprint density at radius 3 is 2.08 bits per heavy atom. The molecule has 1 aliphatic carbocycles. The molecular weight excluding hydrogens is 804 g/mol. The molecule has 1 atom stereocenters. The Hall–Kier alpha value is -5.95. The molecule has 1 saturated carbocycles. The summed E-state index contributed by atoms with van der Waals surface area (Å²) >= 11 is 0. The maximum atomic E-state index is 13.6. The van der Waals surface area contributed by atoms with Crippen LogP contribution in [0.15, 0.2) is 60.7 Å². The normalized spacial score (nSPS) is 24.0. The summed E-state index contributed by atoms with van der Waals surface area (Å²) in [5, 5.41) is 14.5. The van der Waals surface area contributed by atoms with Crippen LogP contribution in [-0.4, -0.2) is 103 Å². The number of carbonyl (C=O) groups excluding carboxylic acids is 5. The largest absolute Gasteiger partial charge is 0.489 e. The summed E-state index contributed by atoms with van der Waals surface area (Å²) in [7, 11) is 0. The van der Waals surface area contributed by atoms with E-state index in [-0.39, 0.29) is 41.7 Å². The van der Waals surface area contributed by atoms with Crippen molar-refractivity contribution >= 4 is 40.9 Å². The molecule has 326 valence electrons. The minimum atomic E-state index is -4.70. The van der Waals surface area contributed by atoms with Gasteiger partial charge in [-0.05, 0) is 85.8 Å². The number of carbonyl (C=O) groups is 5. The van der Waals surface area contributed by atoms with Gasteiger partial charge in [0.05, 0.1) is 28.3 Å². The van der Waals surface area contributed by atoms with E-state index in [1.54, 1.807) is 18.2 Å². The number of rotatable bonds is 9. The summed E-state index contributed by atoms with van der Waals surface area (Å²) in [6, 6.07) is 16.5. The molecule has 4 heterocycles. The Bertz CT molecular complexity index is 2330. The van der Waals surface area contributed by atoms with E-state index in [2.05, 4.69) is 25.3 Å². The van der Waals surface area contributed by atoms with Gasteiger partial charge in [-0.15, -0.1) is 0 Å². The fourth-order valence-corrected chi connectivity index (χ4v) is 10.5. The Balaban J connectivity index is 0.794. The first-order valence-electron chi connectivity index (χ1n) is 21.1. The third-order valence-electron chi connectivity index (χ3n) is 13.6.